The molecule has 0 aliphatic rings. The molecule has 5 aromatic rings. The van der Waals surface area contributed by atoms with Gasteiger partial charge in [0.25, 0.3) is 0 Å². The Bertz CT molecular complexity index is 1920. The van der Waals surface area contributed by atoms with Gasteiger partial charge in [-0.25, -0.2) is 4.79 Å². The summed E-state index contributed by atoms with van der Waals surface area (Å²) in [7, 11) is 1.50. The van der Waals surface area contributed by atoms with E-state index < -0.39 is 11.9 Å². The van der Waals surface area contributed by atoms with E-state index in [9.17, 15) is 19.6 Å². The minimum Gasteiger partial charge on any atom is -0.432 e. The summed E-state index contributed by atoms with van der Waals surface area (Å²) in [6.07, 6.45) is -0.858. The number of Topliss-reactive ketones (excluding diaryl/α,β-unsaturated/α-hetero) is 1. The second-order valence-electron chi connectivity index (χ2n) is 10.4. The molecule has 0 atom stereocenters. The maximum Gasteiger partial charge on any atom is 0.513 e. The third-order valence-electron chi connectivity index (χ3n) is 7.49. The molecule has 1 aromatic heterocycles. The van der Waals surface area contributed by atoms with Crippen molar-refractivity contribution in [2.45, 2.75) is 27.3 Å². The fourth-order valence-corrected chi connectivity index (χ4v) is 5.25. The van der Waals surface area contributed by atoms with Crippen molar-refractivity contribution in [3.05, 3.63) is 112 Å². The fourth-order valence-electron chi connectivity index (χ4n) is 5.25. The molecule has 0 aliphatic heterocycles. The predicted molar refractivity (Wildman–Crippen MR) is 167 cm³/mol. The first-order valence-electron chi connectivity index (χ1n) is 14.1. The smallest absolute Gasteiger partial charge is 0.432 e. The fraction of sp³-hybridized carbons (Fsp3) is 0.200. The van der Waals surface area contributed by atoms with Crippen molar-refractivity contribution in [2.24, 2.45) is 5.16 Å². The van der Waals surface area contributed by atoms with Gasteiger partial charge in [0.1, 0.15) is 12.4 Å². The van der Waals surface area contributed by atoms with E-state index in [1.165, 1.54) is 19.2 Å². The lowest BCUT2D eigenvalue weighted by atomic mass is 9.95. The van der Waals surface area contributed by atoms with Crippen molar-refractivity contribution in [3.8, 4) is 5.75 Å². The van der Waals surface area contributed by atoms with Crippen LogP contribution in [0.5, 0.6) is 5.75 Å². The number of fused-ring (bicyclic) bond motifs is 3. The van der Waals surface area contributed by atoms with Gasteiger partial charge in [0, 0.05) is 57.7 Å². The molecule has 0 bridgehead atoms. The molecule has 9 nitrogen and oxygen atoms in total. The second kappa shape index (κ2) is 12.9. The van der Waals surface area contributed by atoms with Gasteiger partial charge in [-0.1, -0.05) is 22.9 Å². The van der Waals surface area contributed by atoms with Crippen molar-refractivity contribution in [1.29, 1.82) is 0 Å². The molecular weight excluding hydrogens is 560 g/mol. The van der Waals surface area contributed by atoms with Crippen LogP contribution in [0.15, 0.2) is 84.0 Å². The van der Waals surface area contributed by atoms with Crippen LogP contribution in [0, 0.1) is 13.8 Å². The summed E-state index contributed by atoms with van der Waals surface area (Å²) in [5.41, 5.74) is 5.39. The lowest BCUT2D eigenvalue weighted by molar-refractivity contribution is 0.0685. The number of benzene rings is 4. The van der Waals surface area contributed by atoms with Crippen LogP contribution < -0.4 is 4.74 Å². The maximum atomic E-state index is 13.6. The number of aromatic nitrogens is 1. The first kappa shape index (κ1) is 30.2. The van der Waals surface area contributed by atoms with Crippen molar-refractivity contribution < 1.29 is 33.8 Å². The third-order valence-corrected chi connectivity index (χ3v) is 7.49. The molecule has 0 unspecified atom stereocenters. The van der Waals surface area contributed by atoms with Crippen LogP contribution in [0.2, 0.25) is 0 Å². The summed E-state index contributed by atoms with van der Waals surface area (Å²) in [6, 6.07) is 22.8. The molecule has 0 saturated carbocycles. The Hall–Kier alpha value is -5.28. The molecule has 0 aliphatic carbocycles. The Morgan fingerprint density at radius 2 is 1.43 bits per heavy atom. The number of methoxy groups -OCH3 is 1. The number of aryl methyl sites for hydroxylation is 3. The van der Waals surface area contributed by atoms with Gasteiger partial charge in [-0.2, -0.15) is 0 Å². The molecule has 5 rings (SSSR count). The van der Waals surface area contributed by atoms with Crippen molar-refractivity contribution in [3.63, 3.8) is 0 Å². The number of hydrogen-bond donors (Lipinski definition) is 1. The third kappa shape index (κ3) is 5.95. The highest BCUT2D eigenvalue weighted by atomic mass is 16.7. The molecule has 0 radical (unpaired) electrons. The summed E-state index contributed by atoms with van der Waals surface area (Å²) in [5, 5.41) is 14.9. The van der Waals surface area contributed by atoms with Gasteiger partial charge in [0.05, 0.1) is 6.61 Å². The van der Waals surface area contributed by atoms with Gasteiger partial charge in [0.15, 0.2) is 11.5 Å². The molecule has 9 heteroatoms. The number of rotatable bonds is 10. The summed E-state index contributed by atoms with van der Waals surface area (Å²) in [4.78, 5) is 38.9. The monoisotopic (exact) mass is 592 g/mol. The van der Waals surface area contributed by atoms with E-state index in [1.807, 2.05) is 57.2 Å². The first-order valence-corrected chi connectivity index (χ1v) is 14.1. The van der Waals surface area contributed by atoms with Crippen LogP contribution >= 0.6 is 0 Å². The van der Waals surface area contributed by atoms with Crippen LogP contribution in [0.4, 0.5) is 4.79 Å². The molecule has 1 N–H and O–H groups in total. The number of ether oxygens (including phenoxy) is 3. The van der Waals surface area contributed by atoms with Gasteiger partial charge >= 0.3 is 6.16 Å². The summed E-state index contributed by atoms with van der Waals surface area (Å²) >= 11 is 0. The molecular formula is C35H32N2O7. The van der Waals surface area contributed by atoms with E-state index in [1.54, 1.807) is 30.3 Å². The Kier molecular flexibility index (Phi) is 8.87. The van der Waals surface area contributed by atoms with E-state index in [0.717, 1.165) is 32.9 Å². The topological polar surface area (TPSA) is 116 Å². The van der Waals surface area contributed by atoms with Crippen molar-refractivity contribution in [1.82, 2.24) is 4.57 Å². The van der Waals surface area contributed by atoms with Crippen molar-refractivity contribution in [2.75, 3.05) is 20.3 Å². The largest absolute Gasteiger partial charge is 0.513 e. The molecule has 0 amide bonds. The standard InChI is InChI=1S/C35H32N2O7/c1-5-37-30-14-10-24(33(38)23-8-12-26(13-9-23)44-35(40)43-17-16-42-4)19-28(30)29-20-25(11-15-31(29)37)34(39)32(36-41)27-18-21(2)6-7-22(27)3/h6-15,18-20,41H,5,16-17H2,1-4H3/b36-32+. The highest BCUT2D eigenvalue weighted by Gasteiger charge is 2.22. The van der Waals surface area contributed by atoms with E-state index in [-0.39, 0.29) is 30.5 Å². The van der Waals surface area contributed by atoms with Gasteiger partial charge in [0.2, 0.25) is 5.78 Å². The highest BCUT2D eigenvalue weighted by Crippen LogP contribution is 2.32. The van der Waals surface area contributed by atoms with Gasteiger partial charge in [-0.3, -0.25) is 9.59 Å². The number of ketones is 2. The van der Waals surface area contributed by atoms with Gasteiger partial charge in [-0.15, -0.1) is 0 Å². The Labute approximate surface area is 254 Å². The number of carbonyl (C=O) groups is 3. The summed E-state index contributed by atoms with van der Waals surface area (Å²) < 4.78 is 17.0. The molecule has 0 spiro atoms. The molecule has 0 saturated heterocycles. The van der Waals surface area contributed by atoms with E-state index >= 15 is 0 Å². The Balaban J connectivity index is 1.47. The summed E-state index contributed by atoms with van der Waals surface area (Å²) in [6.45, 7) is 6.82. The molecule has 0 fully saturated rings. The molecule has 1 heterocycles. The van der Waals surface area contributed by atoms with Crippen LogP contribution in [-0.4, -0.2) is 53.5 Å². The highest BCUT2D eigenvalue weighted by molar-refractivity contribution is 6.51. The summed E-state index contributed by atoms with van der Waals surface area (Å²) in [5.74, 6) is -0.373. The normalized spacial score (nSPS) is 11.6. The van der Waals surface area contributed by atoms with E-state index in [0.29, 0.717) is 28.8 Å². The Morgan fingerprint density at radius 3 is 2.07 bits per heavy atom. The molecule has 44 heavy (non-hydrogen) atoms. The van der Waals surface area contributed by atoms with Crippen LogP contribution in [-0.2, 0) is 16.0 Å². The van der Waals surface area contributed by atoms with Crippen LogP contribution in [0.25, 0.3) is 21.8 Å². The quantitative estimate of drug-likeness (QED) is 0.0357. The van der Waals surface area contributed by atoms with Crippen molar-refractivity contribution >= 4 is 45.2 Å². The second-order valence-corrected chi connectivity index (χ2v) is 10.4. The zero-order valence-corrected chi connectivity index (χ0v) is 24.9. The van der Waals surface area contributed by atoms with Crippen LogP contribution in [0.3, 0.4) is 0 Å². The number of oxime groups is 1. The first-order chi connectivity index (χ1) is 21.2. The zero-order valence-electron chi connectivity index (χ0n) is 24.9. The molecule has 4 aromatic carbocycles. The van der Waals surface area contributed by atoms with Crippen LogP contribution in [0.1, 0.15) is 49.9 Å². The lowest BCUT2D eigenvalue weighted by Gasteiger charge is -2.09. The Morgan fingerprint density at radius 1 is 0.795 bits per heavy atom. The van der Waals surface area contributed by atoms with E-state index in [4.69, 9.17) is 14.2 Å². The van der Waals surface area contributed by atoms with Gasteiger partial charge in [-0.05, 0) is 93.1 Å². The SMILES string of the molecule is CCn1c2ccc(C(=O)/C(=N/O)c3cc(C)ccc3C)cc2c2cc(C(=O)c3ccc(OC(=O)OCCOC)cc3)ccc21. The zero-order chi connectivity index (χ0) is 31.4. The van der Waals surface area contributed by atoms with Gasteiger partial charge < -0.3 is 24.0 Å². The predicted octanol–water partition coefficient (Wildman–Crippen LogP) is 6.89. The number of carbonyl (C=O) groups excluding carboxylic acids is 3. The minimum absolute atomic E-state index is 0.0312. The minimum atomic E-state index is -0.858. The average molecular weight is 593 g/mol. The van der Waals surface area contributed by atoms with E-state index in [2.05, 4.69) is 9.72 Å². The number of nitrogens with zero attached hydrogens (tertiary/aromatic N) is 2. The average Bonchev–Trinajstić information content (AvgIpc) is 3.35. The maximum absolute atomic E-state index is 13.6. The molecule has 224 valence electrons. The number of hydrogen-bond acceptors (Lipinski definition) is 8. The lowest BCUT2D eigenvalue weighted by Crippen LogP contribution is -2.17.